The van der Waals surface area contributed by atoms with Gasteiger partial charge in [-0.15, -0.1) is 10.2 Å². The Kier molecular flexibility index (Phi) is 2.56. The highest BCUT2D eigenvalue weighted by Gasteiger charge is 2.10. The van der Waals surface area contributed by atoms with Crippen LogP contribution in [0.1, 0.15) is 5.56 Å². The third-order valence-electron chi connectivity index (χ3n) is 2.87. The summed E-state index contributed by atoms with van der Waals surface area (Å²) in [6, 6.07) is 9.78. The molecule has 0 spiro atoms. The van der Waals surface area contributed by atoms with Gasteiger partial charge < -0.3 is 5.73 Å². The Hall–Kier alpha value is -1.88. The number of hydrogen-bond donors (Lipinski definition) is 1. The molecule has 0 unspecified atom stereocenters. The van der Waals surface area contributed by atoms with Crippen LogP contribution in [0.2, 0.25) is 0 Å². The van der Waals surface area contributed by atoms with Crippen LogP contribution in [0.5, 0.6) is 0 Å². The first-order valence-corrected chi connectivity index (χ1v) is 6.31. The highest BCUT2D eigenvalue weighted by molar-refractivity contribution is 9.10. The Labute approximate surface area is 113 Å². The van der Waals surface area contributed by atoms with Gasteiger partial charge in [0.2, 0.25) is 0 Å². The number of nitrogens with zero attached hydrogens (tertiary/aromatic N) is 3. The van der Waals surface area contributed by atoms with E-state index in [1.807, 2.05) is 40.9 Å². The molecule has 4 nitrogen and oxygen atoms in total. The van der Waals surface area contributed by atoms with Gasteiger partial charge in [0.05, 0.1) is 0 Å². The van der Waals surface area contributed by atoms with Crippen LogP contribution in [-0.4, -0.2) is 14.6 Å². The zero-order chi connectivity index (χ0) is 12.7. The van der Waals surface area contributed by atoms with Gasteiger partial charge in [-0.1, -0.05) is 22.0 Å². The van der Waals surface area contributed by atoms with Crippen LogP contribution in [0.4, 0.5) is 5.69 Å². The molecule has 0 aliphatic heterocycles. The van der Waals surface area contributed by atoms with Gasteiger partial charge in [0.1, 0.15) is 0 Å². The summed E-state index contributed by atoms with van der Waals surface area (Å²) in [4.78, 5) is 0. The van der Waals surface area contributed by atoms with Crippen molar-refractivity contribution in [2.45, 2.75) is 6.92 Å². The minimum atomic E-state index is 0.691. The number of fused-ring (bicyclic) bond motifs is 1. The van der Waals surface area contributed by atoms with Crippen LogP contribution in [0.15, 0.2) is 41.0 Å². The summed E-state index contributed by atoms with van der Waals surface area (Å²) in [5.41, 5.74) is 9.49. The van der Waals surface area contributed by atoms with Gasteiger partial charge in [-0.3, -0.25) is 4.40 Å². The minimum absolute atomic E-state index is 0.691. The Morgan fingerprint density at radius 3 is 2.83 bits per heavy atom. The van der Waals surface area contributed by atoms with E-state index in [0.717, 1.165) is 27.1 Å². The number of aromatic nitrogens is 3. The van der Waals surface area contributed by atoms with Crippen LogP contribution >= 0.6 is 15.9 Å². The van der Waals surface area contributed by atoms with E-state index < -0.39 is 0 Å². The fourth-order valence-corrected chi connectivity index (χ4v) is 2.29. The molecule has 18 heavy (non-hydrogen) atoms. The molecule has 0 atom stereocenters. The van der Waals surface area contributed by atoms with E-state index in [9.17, 15) is 0 Å². The lowest BCUT2D eigenvalue weighted by atomic mass is 10.1. The molecule has 0 radical (unpaired) electrons. The Balaban J connectivity index is 2.31. The highest BCUT2D eigenvalue weighted by Crippen LogP contribution is 2.26. The summed E-state index contributed by atoms with van der Waals surface area (Å²) >= 11 is 3.48. The molecule has 2 aromatic heterocycles. The van der Waals surface area contributed by atoms with E-state index in [2.05, 4.69) is 33.1 Å². The zero-order valence-electron chi connectivity index (χ0n) is 9.76. The summed E-state index contributed by atoms with van der Waals surface area (Å²) in [7, 11) is 0. The van der Waals surface area contributed by atoms with E-state index in [0.29, 0.717) is 5.69 Å². The standard InChI is InChI=1S/C13H11BrN4/c1-8-2-3-9(14)6-11(8)13-17-16-12-5-4-10(15)7-18(12)13/h2-7H,15H2,1H3. The summed E-state index contributed by atoms with van der Waals surface area (Å²) in [5, 5.41) is 8.39. The molecule has 1 aromatic carbocycles. The van der Waals surface area contributed by atoms with Crippen LogP contribution in [0, 0.1) is 6.92 Å². The topological polar surface area (TPSA) is 56.2 Å². The number of anilines is 1. The van der Waals surface area contributed by atoms with Crippen molar-refractivity contribution in [1.82, 2.24) is 14.6 Å². The smallest absolute Gasteiger partial charge is 0.168 e. The number of rotatable bonds is 1. The molecule has 2 heterocycles. The van der Waals surface area contributed by atoms with Crippen LogP contribution in [-0.2, 0) is 0 Å². The third kappa shape index (κ3) is 1.76. The molecule has 0 fully saturated rings. The summed E-state index contributed by atoms with van der Waals surface area (Å²) in [6.45, 7) is 2.05. The Morgan fingerprint density at radius 2 is 2.00 bits per heavy atom. The molecule has 5 heteroatoms. The molecule has 0 amide bonds. The van der Waals surface area contributed by atoms with Crippen LogP contribution in [0.3, 0.4) is 0 Å². The van der Waals surface area contributed by atoms with E-state index in [1.165, 1.54) is 0 Å². The number of aryl methyl sites for hydroxylation is 1. The molecule has 90 valence electrons. The maximum absolute atomic E-state index is 5.81. The van der Waals surface area contributed by atoms with E-state index >= 15 is 0 Å². The third-order valence-corrected chi connectivity index (χ3v) is 3.36. The minimum Gasteiger partial charge on any atom is -0.398 e. The van der Waals surface area contributed by atoms with Crippen molar-refractivity contribution >= 4 is 27.3 Å². The molecule has 3 rings (SSSR count). The van der Waals surface area contributed by atoms with Crippen molar-refractivity contribution in [3.63, 3.8) is 0 Å². The molecule has 2 N–H and O–H groups in total. The average molecular weight is 303 g/mol. The first-order valence-electron chi connectivity index (χ1n) is 5.52. The number of nitrogen functional groups attached to an aromatic ring is 1. The molecule has 3 aromatic rings. The van der Waals surface area contributed by atoms with Crippen LogP contribution in [0.25, 0.3) is 17.0 Å². The second-order valence-electron chi connectivity index (χ2n) is 4.17. The van der Waals surface area contributed by atoms with E-state index in [1.54, 1.807) is 0 Å². The van der Waals surface area contributed by atoms with Crippen LogP contribution < -0.4 is 5.73 Å². The second kappa shape index (κ2) is 4.10. The van der Waals surface area contributed by atoms with Gasteiger partial charge in [-0.2, -0.15) is 0 Å². The number of benzene rings is 1. The SMILES string of the molecule is Cc1ccc(Br)cc1-c1nnc2ccc(N)cn12. The lowest BCUT2D eigenvalue weighted by Crippen LogP contribution is -1.94. The predicted molar refractivity (Wildman–Crippen MR) is 75.3 cm³/mol. The maximum Gasteiger partial charge on any atom is 0.168 e. The maximum atomic E-state index is 5.81. The summed E-state index contributed by atoms with van der Waals surface area (Å²) in [6.07, 6.45) is 1.84. The second-order valence-corrected chi connectivity index (χ2v) is 5.09. The number of halogens is 1. The number of pyridine rings is 1. The van der Waals surface area contributed by atoms with Gasteiger partial charge in [-0.25, -0.2) is 0 Å². The predicted octanol–water partition coefficient (Wildman–Crippen LogP) is 3.05. The largest absolute Gasteiger partial charge is 0.398 e. The normalized spacial score (nSPS) is 11.0. The first-order chi connectivity index (χ1) is 8.65. The van der Waals surface area contributed by atoms with Crippen molar-refractivity contribution in [3.05, 3.63) is 46.6 Å². The van der Waals surface area contributed by atoms with E-state index in [-0.39, 0.29) is 0 Å². The van der Waals surface area contributed by atoms with Crippen molar-refractivity contribution < 1.29 is 0 Å². The van der Waals surface area contributed by atoms with Gasteiger partial charge in [0.25, 0.3) is 0 Å². The summed E-state index contributed by atoms with van der Waals surface area (Å²) < 4.78 is 2.92. The molecule has 0 aliphatic rings. The average Bonchev–Trinajstić information content (AvgIpc) is 2.75. The fourth-order valence-electron chi connectivity index (χ4n) is 1.93. The molecule has 0 saturated carbocycles. The molecular weight excluding hydrogens is 292 g/mol. The number of hydrogen-bond acceptors (Lipinski definition) is 3. The van der Waals surface area contributed by atoms with Crippen molar-refractivity contribution in [2.24, 2.45) is 0 Å². The van der Waals surface area contributed by atoms with Crippen molar-refractivity contribution in [3.8, 4) is 11.4 Å². The van der Waals surface area contributed by atoms with Gasteiger partial charge in [0, 0.05) is 21.9 Å². The molecule has 0 bridgehead atoms. The first kappa shape index (κ1) is 11.2. The quantitative estimate of drug-likeness (QED) is 0.751. The van der Waals surface area contributed by atoms with Gasteiger partial charge >= 0.3 is 0 Å². The monoisotopic (exact) mass is 302 g/mol. The fraction of sp³-hybridized carbons (Fsp3) is 0.0769. The van der Waals surface area contributed by atoms with Crippen molar-refractivity contribution in [2.75, 3.05) is 5.73 Å². The van der Waals surface area contributed by atoms with E-state index in [4.69, 9.17) is 5.73 Å². The Morgan fingerprint density at radius 1 is 1.17 bits per heavy atom. The Bertz CT molecular complexity index is 733. The lowest BCUT2D eigenvalue weighted by Gasteiger charge is -2.05. The molecular formula is C13H11BrN4. The van der Waals surface area contributed by atoms with Crippen molar-refractivity contribution in [1.29, 1.82) is 0 Å². The molecule has 0 saturated heterocycles. The zero-order valence-corrected chi connectivity index (χ0v) is 11.3. The lowest BCUT2D eigenvalue weighted by molar-refractivity contribution is 1.11. The number of nitrogens with two attached hydrogens (primary N) is 1. The van der Waals surface area contributed by atoms with Gasteiger partial charge in [-0.05, 0) is 36.8 Å². The molecule has 0 aliphatic carbocycles. The summed E-state index contributed by atoms with van der Waals surface area (Å²) in [5.74, 6) is 0.802. The van der Waals surface area contributed by atoms with Gasteiger partial charge in [0.15, 0.2) is 11.5 Å². The highest BCUT2D eigenvalue weighted by atomic mass is 79.9.